The predicted octanol–water partition coefficient (Wildman–Crippen LogP) is 2.66. The lowest BCUT2D eigenvalue weighted by Crippen LogP contribution is -2.48. The Bertz CT molecular complexity index is 771. The maximum atomic E-state index is 12.7. The topological polar surface area (TPSA) is 71.3 Å². The number of amides is 1. The summed E-state index contributed by atoms with van der Waals surface area (Å²) in [4.78, 5) is 19.5. The quantitative estimate of drug-likeness (QED) is 0.930. The number of carbonyl (C=O) groups excluding carboxylic acids is 1. The predicted molar refractivity (Wildman–Crippen MR) is 94.8 cm³/mol. The third kappa shape index (κ3) is 3.38. The Labute approximate surface area is 147 Å². The number of hydrogen-bond donors (Lipinski definition) is 1. The molecule has 3 heterocycles. The van der Waals surface area contributed by atoms with Gasteiger partial charge in [0.1, 0.15) is 11.6 Å². The lowest BCUT2D eigenvalue weighted by Gasteiger charge is -2.34. The molecule has 25 heavy (non-hydrogen) atoms. The van der Waals surface area contributed by atoms with Gasteiger partial charge in [-0.3, -0.25) is 4.79 Å². The van der Waals surface area contributed by atoms with Gasteiger partial charge < -0.3 is 14.7 Å². The first-order valence-corrected chi connectivity index (χ1v) is 9.17. The second kappa shape index (κ2) is 6.86. The highest BCUT2D eigenvalue weighted by Crippen LogP contribution is 2.24. The molecule has 1 amide bonds. The molecule has 6 nitrogen and oxygen atoms in total. The zero-order valence-electron chi connectivity index (χ0n) is 14.6. The number of nitrogens with one attached hydrogen (secondary N) is 1. The van der Waals surface area contributed by atoms with E-state index in [2.05, 4.69) is 20.4 Å². The van der Waals surface area contributed by atoms with E-state index >= 15 is 0 Å². The summed E-state index contributed by atoms with van der Waals surface area (Å²) < 4.78 is 5.37. The molecular weight excluding hydrogens is 316 g/mol. The minimum absolute atomic E-state index is 0.101. The van der Waals surface area contributed by atoms with E-state index in [0.29, 0.717) is 5.69 Å². The third-order valence-corrected chi connectivity index (χ3v) is 5.12. The lowest BCUT2D eigenvalue weighted by molar-refractivity contribution is 0.0923. The number of pyridine rings is 1. The van der Waals surface area contributed by atoms with E-state index in [1.165, 1.54) is 0 Å². The van der Waals surface area contributed by atoms with Gasteiger partial charge in [0.05, 0.1) is 0 Å². The molecule has 4 rings (SSSR count). The Hall–Kier alpha value is -2.37. The molecule has 1 aliphatic heterocycles. The Morgan fingerprint density at radius 1 is 1.28 bits per heavy atom. The van der Waals surface area contributed by atoms with E-state index in [1.807, 2.05) is 25.1 Å². The van der Waals surface area contributed by atoms with Crippen molar-refractivity contribution in [3.05, 3.63) is 40.9 Å². The van der Waals surface area contributed by atoms with E-state index < -0.39 is 0 Å². The van der Waals surface area contributed by atoms with E-state index in [9.17, 15) is 4.79 Å². The number of aryl methyl sites for hydroxylation is 2. The van der Waals surface area contributed by atoms with Gasteiger partial charge in [0.25, 0.3) is 5.91 Å². The zero-order valence-corrected chi connectivity index (χ0v) is 14.6. The van der Waals surface area contributed by atoms with E-state index in [-0.39, 0.29) is 11.9 Å². The number of rotatable bonds is 3. The average Bonchev–Trinajstić information content (AvgIpc) is 3.06. The third-order valence-electron chi connectivity index (χ3n) is 5.12. The number of piperidine rings is 1. The molecule has 1 fully saturated rings. The Morgan fingerprint density at radius 2 is 2.16 bits per heavy atom. The van der Waals surface area contributed by atoms with Crippen LogP contribution in [-0.4, -0.2) is 35.2 Å². The van der Waals surface area contributed by atoms with Gasteiger partial charge in [0.15, 0.2) is 5.69 Å². The first-order valence-electron chi connectivity index (χ1n) is 9.17. The summed E-state index contributed by atoms with van der Waals surface area (Å²) in [6, 6.07) is 6.17. The molecule has 1 saturated heterocycles. The Kier molecular flexibility index (Phi) is 4.42. The van der Waals surface area contributed by atoms with Crippen LogP contribution in [0, 0.1) is 6.92 Å². The van der Waals surface area contributed by atoms with Crippen molar-refractivity contribution in [1.29, 1.82) is 0 Å². The molecule has 0 radical (unpaired) electrons. The molecule has 132 valence electrons. The van der Waals surface area contributed by atoms with Gasteiger partial charge in [-0.1, -0.05) is 11.2 Å². The smallest absolute Gasteiger partial charge is 0.274 e. The fraction of sp³-hybridized carbons (Fsp3) is 0.526. The van der Waals surface area contributed by atoms with Crippen molar-refractivity contribution in [3.8, 4) is 0 Å². The lowest BCUT2D eigenvalue weighted by atomic mass is 9.96. The van der Waals surface area contributed by atoms with Gasteiger partial charge in [0, 0.05) is 36.8 Å². The molecule has 1 N–H and O–H groups in total. The van der Waals surface area contributed by atoms with Crippen molar-refractivity contribution in [2.24, 2.45) is 0 Å². The van der Waals surface area contributed by atoms with Gasteiger partial charge >= 0.3 is 0 Å². The van der Waals surface area contributed by atoms with Crippen LogP contribution in [0.2, 0.25) is 0 Å². The van der Waals surface area contributed by atoms with E-state index in [1.54, 1.807) is 0 Å². The van der Waals surface area contributed by atoms with Gasteiger partial charge in [-0.15, -0.1) is 0 Å². The minimum atomic E-state index is -0.101. The molecular formula is C19H24N4O2. The van der Waals surface area contributed by atoms with Crippen LogP contribution in [0.3, 0.4) is 0 Å². The molecule has 1 atom stereocenters. The van der Waals surface area contributed by atoms with Crippen LogP contribution in [0.25, 0.3) is 0 Å². The number of hydrogen-bond acceptors (Lipinski definition) is 5. The van der Waals surface area contributed by atoms with Crippen molar-refractivity contribution in [2.75, 3.05) is 18.0 Å². The number of fused-ring (bicyclic) bond motifs is 1. The second-order valence-electron chi connectivity index (χ2n) is 7.04. The Morgan fingerprint density at radius 3 is 3.04 bits per heavy atom. The minimum Gasteiger partial charge on any atom is -0.360 e. The summed E-state index contributed by atoms with van der Waals surface area (Å²) in [5.41, 5.74) is 2.51. The first kappa shape index (κ1) is 16.1. The van der Waals surface area contributed by atoms with Crippen LogP contribution in [-0.2, 0) is 12.8 Å². The van der Waals surface area contributed by atoms with Crippen molar-refractivity contribution in [2.45, 2.75) is 51.5 Å². The summed E-state index contributed by atoms with van der Waals surface area (Å²) in [7, 11) is 0. The zero-order chi connectivity index (χ0) is 17.2. The van der Waals surface area contributed by atoms with Gasteiger partial charge in [-0.2, -0.15) is 0 Å². The van der Waals surface area contributed by atoms with Crippen molar-refractivity contribution >= 4 is 11.7 Å². The standard InChI is InChI=1S/C19H24N4O2/c1-13-6-4-10-17(20-13)23-11-5-7-14(12-23)21-19(24)18-15-8-2-3-9-16(15)25-22-18/h4,6,10,14H,2-3,5,7-9,11-12H2,1H3,(H,21,24)/t14-/m1/s1. The number of anilines is 1. The summed E-state index contributed by atoms with van der Waals surface area (Å²) in [5, 5.41) is 7.19. The number of nitrogens with zero attached hydrogens (tertiary/aromatic N) is 3. The monoisotopic (exact) mass is 340 g/mol. The summed E-state index contributed by atoms with van der Waals surface area (Å²) in [5.74, 6) is 1.78. The first-order chi connectivity index (χ1) is 12.2. The van der Waals surface area contributed by atoms with Crippen molar-refractivity contribution < 1.29 is 9.32 Å². The maximum absolute atomic E-state index is 12.7. The molecule has 0 aromatic carbocycles. The average molecular weight is 340 g/mol. The van der Waals surface area contributed by atoms with Crippen molar-refractivity contribution in [1.82, 2.24) is 15.5 Å². The molecule has 0 spiro atoms. The van der Waals surface area contributed by atoms with Gasteiger partial charge in [-0.25, -0.2) is 4.98 Å². The molecule has 0 saturated carbocycles. The fourth-order valence-electron chi connectivity index (χ4n) is 3.82. The van der Waals surface area contributed by atoms with Crippen LogP contribution in [0.15, 0.2) is 22.7 Å². The van der Waals surface area contributed by atoms with E-state index in [0.717, 1.165) is 74.4 Å². The molecule has 2 aromatic rings. The SMILES string of the molecule is Cc1cccc(N2CCC[C@@H](NC(=O)c3noc4c3CCCC4)C2)n1. The fourth-order valence-corrected chi connectivity index (χ4v) is 3.82. The van der Waals surface area contributed by atoms with Crippen molar-refractivity contribution in [3.63, 3.8) is 0 Å². The van der Waals surface area contributed by atoms with Gasteiger partial charge in [-0.05, 0) is 51.2 Å². The Balaban J connectivity index is 1.44. The largest absolute Gasteiger partial charge is 0.360 e. The summed E-state index contributed by atoms with van der Waals surface area (Å²) in [6.07, 6.45) is 6.03. The molecule has 2 aromatic heterocycles. The summed E-state index contributed by atoms with van der Waals surface area (Å²) >= 11 is 0. The van der Waals surface area contributed by atoms with E-state index in [4.69, 9.17) is 4.52 Å². The highest BCUT2D eigenvalue weighted by atomic mass is 16.5. The van der Waals surface area contributed by atoms with Crippen LogP contribution >= 0.6 is 0 Å². The number of aromatic nitrogens is 2. The highest BCUT2D eigenvalue weighted by molar-refractivity contribution is 5.94. The molecule has 1 aliphatic carbocycles. The van der Waals surface area contributed by atoms with Crippen LogP contribution in [0.4, 0.5) is 5.82 Å². The maximum Gasteiger partial charge on any atom is 0.274 e. The molecule has 2 aliphatic rings. The van der Waals surface area contributed by atoms with Crippen LogP contribution in [0.5, 0.6) is 0 Å². The highest BCUT2D eigenvalue weighted by Gasteiger charge is 2.27. The molecule has 0 unspecified atom stereocenters. The number of carbonyl (C=O) groups is 1. The molecule has 0 bridgehead atoms. The second-order valence-corrected chi connectivity index (χ2v) is 7.04. The van der Waals surface area contributed by atoms with Gasteiger partial charge in [0.2, 0.25) is 0 Å². The molecule has 6 heteroatoms. The van der Waals surface area contributed by atoms with Crippen LogP contribution < -0.4 is 10.2 Å². The summed E-state index contributed by atoms with van der Waals surface area (Å²) in [6.45, 7) is 3.75. The normalized spacial score (nSPS) is 20.2. The van der Waals surface area contributed by atoms with Crippen LogP contribution in [0.1, 0.15) is 53.2 Å².